The van der Waals surface area contributed by atoms with Gasteiger partial charge < -0.3 is 10.5 Å². The van der Waals surface area contributed by atoms with Gasteiger partial charge in [0.15, 0.2) is 0 Å². The van der Waals surface area contributed by atoms with Crippen LogP contribution in [0.25, 0.3) is 0 Å². The molecular weight excluding hydrogens is 207 g/mol. The molecule has 3 unspecified atom stereocenters. The van der Waals surface area contributed by atoms with Crippen molar-refractivity contribution in [3.8, 4) is 0 Å². The Kier molecular flexibility index (Phi) is 3.30. The van der Waals surface area contributed by atoms with Crippen LogP contribution in [-0.4, -0.2) is 36.2 Å². The fourth-order valence-corrected chi connectivity index (χ4v) is 2.42. The van der Waals surface area contributed by atoms with Gasteiger partial charge in [-0.2, -0.15) is 0 Å². The fourth-order valence-electron chi connectivity index (χ4n) is 2.42. The molecule has 0 radical (unpaired) electrons. The van der Waals surface area contributed by atoms with Gasteiger partial charge in [0.05, 0.1) is 17.9 Å². The summed E-state index contributed by atoms with van der Waals surface area (Å²) in [5.41, 5.74) is 5.77. The van der Waals surface area contributed by atoms with Crippen molar-refractivity contribution in [1.29, 1.82) is 0 Å². The van der Waals surface area contributed by atoms with Gasteiger partial charge in [-0.15, -0.1) is 0 Å². The SMILES string of the molecule is CC1CN(C2C=C(F)C(N)=CC2)CC(C)O1. The first kappa shape index (κ1) is 11.6. The molecule has 2 rings (SSSR count). The van der Waals surface area contributed by atoms with Crippen LogP contribution in [0.5, 0.6) is 0 Å². The number of halogens is 1. The van der Waals surface area contributed by atoms with E-state index in [4.69, 9.17) is 10.5 Å². The molecule has 2 aliphatic rings. The summed E-state index contributed by atoms with van der Waals surface area (Å²) < 4.78 is 19.0. The first-order chi connectivity index (χ1) is 7.56. The van der Waals surface area contributed by atoms with Crippen molar-refractivity contribution in [2.45, 2.75) is 38.5 Å². The summed E-state index contributed by atoms with van der Waals surface area (Å²) in [7, 11) is 0. The molecule has 0 aromatic rings. The van der Waals surface area contributed by atoms with Crippen molar-refractivity contribution < 1.29 is 9.13 Å². The minimum Gasteiger partial charge on any atom is -0.397 e. The summed E-state index contributed by atoms with van der Waals surface area (Å²) in [6.45, 7) is 5.81. The van der Waals surface area contributed by atoms with E-state index >= 15 is 0 Å². The number of hydrogen-bond donors (Lipinski definition) is 1. The van der Waals surface area contributed by atoms with Crippen LogP contribution in [0.2, 0.25) is 0 Å². The third-order valence-corrected chi connectivity index (χ3v) is 3.11. The maximum absolute atomic E-state index is 13.4. The van der Waals surface area contributed by atoms with Gasteiger partial charge in [0.1, 0.15) is 5.83 Å². The molecule has 90 valence electrons. The first-order valence-electron chi connectivity index (χ1n) is 5.79. The van der Waals surface area contributed by atoms with Gasteiger partial charge in [0.25, 0.3) is 0 Å². The van der Waals surface area contributed by atoms with E-state index in [0.717, 1.165) is 19.5 Å². The van der Waals surface area contributed by atoms with E-state index < -0.39 is 0 Å². The summed E-state index contributed by atoms with van der Waals surface area (Å²) in [5.74, 6) is -0.289. The number of morpholine rings is 1. The van der Waals surface area contributed by atoms with Crippen molar-refractivity contribution in [3.05, 3.63) is 23.7 Å². The first-order valence-corrected chi connectivity index (χ1v) is 5.79. The van der Waals surface area contributed by atoms with Crippen LogP contribution in [-0.2, 0) is 4.74 Å². The second-order valence-corrected chi connectivity index (χ2v) is 4.69. The topological polar surface area (TPSA) is 38.5 Å². The van der Waals surface area contributed by atoms with Crippen molar-refractivity contribution in [3.63, 3.8) is 0 Å². The molecular formula is C12H19FN2O. The van der Waals surface area contributed by atoms with E-state index in [1.807, 2.05) is 0 Å². The van der Waals surface area contributed by atoms with Crippen LogP contribution in [0.4, 0.5) is 4.39 Å². The highest BCUT2D eigenvalue weighted by molar-refractivity contribution is 5.28. The Hall–Kier alpha value is -0.870. The molecule has 0 amide bonds. The van der Waals surface area contributed by atoms with Gasteiger partial charge in [-0.25, -0.2) is 4.39 Å². The van der Waals surface area contributed by atoms with Crippen LogP contribution >= 0.6 is 0 Å². The highest BCUT2D eigenvalue weighted by atomic mass is 19.1. The zero-order valence-corrected chi connectivity index (χ0v) is 9.82. The Morgan fingerprint density at radius 3 is 2.56 bits per heavy atom. The second-order valence-electron chi connectivity index (χ2n) is 4.69. The van der Waals surface area contributed by atoms with Gasteiger partial charge in [-0.3, -0.25) is 4.90 Å². The molecule has 0 bridgehead atoms. The minimum atomic E-state index is -0.289. The van der Waals surface area contributed by atoms with Gasteiger partial charge in [0.2, 0.25) is 0 Å². The van der Waals surface area contributed by atoms with E-state index in [2.05, 4.69) is 18.7 Å². The third-order valence-electron chi connectivity index (χ3n) is 3.11. The molecule has 1 fully saturated rings. The lowest BCUT2D eigenvalue weighted by molar-refractivity contribution is -0.0753. The Morgan fingerprint density at radius 1 is 1.38 bits per heavy atom. The molecule has 1 saturated heterocycles. The lowest BCUT2D eigenvalue weighted by Crippen LogP contribution is -2.49. The minimum absolute atomic E-state index is 0.126. The number of hydrogen-bond acceptors (Lipinski definition) is 3. The van der Waals surface area contributed by atoms with Crippen molar-refractivity contribution >= 4 is 0 Å². The average molecular weight is 226 g/mol. The van der Waals surface area contributed by atoms with E-state index in [-0.39, 0.29) is 29.8 Å². The Bertz CT molecular complexity index is 317. The summed E-state index contributed by atoms with van der Waals surface area (Å²) in [6, 6.07) is 0.126. The van der Waals surface area contributed by atoms with Gasteiger partial charge in [-0.05, 0) is 26.3 Å². The van der Waals surface area contributed by atoms with Gasteiger partial charge in [-0.1, -0.05) is 6.08 Å². The van der Waals surface area contributed by atoms with Crippen LogP contribution in [0.3, 0.4) is 0 Å². The summed E-state index contributed by atoms with van der Waals surface area (Å²) in [5, 5.41) is 0. The van der Waals surface area contributed by atoms with Crippen molar-refractivity contribution in [2.75, 3.05) is 13.1 Å². The van der Waals surface area contributed by atoms with E-state index in [1.165, 1.54) is 0 Å². The number of rotatable bonds is 1. The molecule has 16 heavy (non-hydrogen) atoms. The molecule has 0 aromatic carbocycles. The van der Waals surface area contributed by atoms with Crippen LogP contribution < -0.4 is 5.73 Å². The predicted octanol–water partition coefficient (Wildman–Crippen LogP) is 1.56. The maximum atomic E-state index is 13.4. The van der Waals surface area contributed by atoms with Crippen LogP contribution in [0.1, 0.15) is 20.3 Å². The molecule has 3 atom stereocenters. The third kappa shape index (κ3) is 2.44. The van der Waals surface area contributed by atoms with Gasteiger partial charge >= 0.3 is 0 Å². The van der Waals surface area contributed by atoms with Crippen LogP contribution in [0, 0.1) is 0 Å². The standard InChI is InChI=1S/C12H19FN2O/c1-8-6-15(7-9(2)16-8)10-3-4-12(14)11(13)5-10/h4-5,8-10H,3,6-7,14H2,1-2H3. The quantitative estimate of drug-likeness (QED) is 0.737. The predicted molar refractivity (Wildman–Crippen MR) is 61.4 cm³/mol. The molecule has 0 aromatic heterocycles. The number of nitrogens with zero attached hydrogens (tertiary/aromatic N) is 1. The Balaban J connectivity index is 2.03. The van der Waals surface area contributed by atoms with Gasteiger partial charge in [0, 0.05) is 19.1 Å². The lowest BCUT2D eigenvalue weighted by atomic mass is 10.0. The molecule has 2 N–H and O–H groups in total. The van der Waals surface area contributed by atoms with E-state index in [1.54, 1.807) is 12.2 Å². The number of allylic oxidation sites excluding steroid dienone is 1. The normalized spacial score (nSPS) is 36.8. The maximum Gasteiger partial charge on any atom is 0.143 e. The lowest BCUT2D eigenvalue weighted by Gasteiger charge is -2.39. The van der Waals surface area contributed by atoms with E-state index in [9.17, 15) is 4.39 Å². The zero-order valence-electron chi connectivity index (χ0n) is 9.82. The largest absolute Gasteiger partial charge is 0.397 e. The van der Waals surface area contributed by atoms with Crippen molar-refractivity contribution in [1.82, 2.24) is 4.90 Å². The molecule has 3 nitrogen and oxygen atoms in total. The van der Waals surface area contributed by atoms with E-state index in [0.29, 0.717) is 0 Å². The summed E-state index contributed by atoms with van der Waals surface area (Å²) >= 11 is 0. The summed E-state index contributed by atoms with van der Waals surface area (Å²) in [6.07, 6.45) is 4.61. The molecule has 4 heteroatoms. The molecule has 1 heterocycles. The molecule has 0 saturated carbocycles. The Morgan fingerprint density at radius 2 is 2.00 bits per heavy atom. The summed E-state index contributed by atoms with van der Waals surface area (Å²) in [4.78, 5) is 2.27. The van der Waals surface area contributed by atoms with Crippen LogP contribution in [0.15, 0.2) is 23.7 Å². The zero-order chi connectivity index (χ0) is 11.7. The molecule has 1 aliphatic carbocycles. The number of nitrogens with two attached hydrogens (primary N) is 1. The molecule has 1 aliphatic heterocycles. The molecule has 0 spiro atoms. The monoisotopic (exact) mass is 226 g/mol. The number of ether oxygens (including phenoxy) is 1. The van der Waals surface area contributed by atoms with Crippen molar-refractivity contribution in [2.24, 2.45) is 5.73 Å². The smallest absolute Gasteiger partial charge is 0.143 e. The highest BCUT2D eigenvalue weighted by Gasteiger charge is 2.28. The second kappa shape index (κ2) is 4.55. The fraction of sp³-hybridized carbons (Fsp3) is 0.667. The highest BCUT2D eigenvalue weighted by Crippen LogP contribution is 2.23. The Labute approximate surface area is 95.7 Å². The average Bonchev–Trinajstić information content (AvgIpc) is 2.20.